The van der Waals surface area contributed by atoms with Crippen LogP contribution < -0.4 is 5.32 Å². The molecule has 5 rings (SSSR count). The topological polar surface area (TPSA) is 149 Å². The molecule has 228 valence electrons. The molecule has 14 heteroatoms. The molecule has 0 fully saturated rings. The Morgan fingerprint density at radius 3 is 2.41 bits per heavy atom. The lowest BCUT2D eigenvalue weighted by molar-refractivity contribution is 0.0443. The van der Waals surface area contributed by atoms with Gasteiger partial charge in [-0.15, -0.1) is 21.5 Å². The van der Waals surface area contributed by atoms with Crippen molar-refractivity contribution in [1.82, 2.24) is 35.4 Å². The van der Waals surface area contributed by atoms with Crippen LogP contribution in [0.5, 0.6) is 0 Å². The van der Waals surface area contributed by atoms with E-state index in [4.69, 9.17) is 13.6 Å². The summed E-state index contributed by atoms with van der Waals surface area (Å²) in [4.78, 5) is 41.2. The lowest BCUT2D eigenvalue weighted by Crippen LogP contribution is -2.47. The Labute approximate surface area is 266 Å². The molecule has 4 aromatic heterocycles. The van der Waals surface area contributed by atoms with Crippen LogP contribution in [0.15, 0.2) is 73.1 Å². The maximum absolute atomic E-state index is 13.5. The monoisotopic (exact) mass is 679 g/mol. The highest BCUT2D eigenvalue weighted by molar-refractivity contribution is 9.11. The van der Waals surface area contributed by atoms with Crippen molar-refractivity contribution < 1.29 is 23.2 Å². The van der Waals surface area contributed by atoms with Crippen molar-refractivity contribution in [1.29, 1.82) is 0 Å². The summed E-state index contributed by atoms with van der Waals surface area (Å²) >= 11 is 4.80. The van der Waals surface area contributed by atoms with Gasteiger partial charge in [-0.05, 0) is 61.3 Å². The minimum Gasteiger partial charge on any atom is -0.444 e. The van der Waals surface area contributed by atoms with Crippen LogP contribution in [0.3, 0.4) is 0 Å². The number of carbonyl (C=O) groups is 2. The van der Waals surface area contributed by atoms with Crippen LogP contribution in [0, 0.1) is 0 Å². The molecule has 12 nitrogen and oxygen atoms in total. The SMILES string of the molecule is CN(Cc1csc(Br)n1)C(=O)c1cc(-c2ncco2)nc(-c2nnc([C@@](C)(Cc3ccccc3)NC(=O)OC(C)(C)C)o2)c1. The van der Waals surface area contributed by atoms with Gasteiger partial charge in [0.2, 0.25) is 11.8 Å². The quantitative estimate of drug-likeness (QED) is 0.189. The number of oxazole rings is 1. The fourth-order valence-electron chi connectivity index (χ4n) is 4.37. The zero-order valence-electron chi connectivity index (χ0n) is 24.7. The van der Waals surface area contributed by atoms with Crippen molar-refractivity contribution in [2.24, 2.45) is 0 Å². The fraction of sp³-hybridized carbons (Fsp3) is 0.300. The first kappa shape index (κ1) is 31.0. The van der Waals surface area contributed by atoms with E-state index in [0.29, 0.717) is 24.2 Å². The van der Waals surface area contributed by atoms with Gasteiger partial charge in [0.1, 0.15) is 28.8 Å². The number of pyridine rings is 1. The van der Waals surface area contributed by atoms with Crippen LogP contribution in [-0.2, 0) is 23.2 Å². The Balaban J connectivity index is 1.50. The molecule has 5 aromatic rings. The molecule has 0 bridgehead atoms. The maximum atomic E-state index is 13.5. The lowest BCUT2D eigenvalue weighted by Gasteiger charge is -2.29. The number of carbonyl (C=O) groups excluding carboxylic acids is 2. The molecule has 4 heterocycles. The molecule has 0 aliphatic heterocycles. The van der Waals surface area contributed by atoms with Gasteiger partial charge in [0.05, 0.1) is 18.4 Å². The van der Waals surface area contributed by atoms with E-state index < -0.39 is 17.2 Å². The van der Waals surface area contributed by atoms with E-state index >= 15 is 0 Å². The number of alkyl carbamates (subject to hydrolysis) is 1. The average Bonchev–Trinajstić information content (AvgIpc) is 3.74. The van der Waals surface area contributed by atoms with Crippen LogP contribution >= 0.6 is 27.3 Å². The molecule has 0 aliphatic rings. The number of ether oxygens (including phenoxy) is 1. The number of nitrogens with one attached hydrogen (secondary N) is 1. The fourth-order valence-corrected chi connectivity index (χ4v) is 5.41. The van der Waals surface area contributed by atoms with Crippen LogP contribution in [0.25, 0.3) is 23.2 Å². The number of aromatic nitrogens is 5. The van der Waals surface area contributed by atoms with E-state index in [-0.39, 0.29) is 29.3 Å². The lowest BCUT2D eigenvalue weighted by atomic mass is 9.92. The van der Waals surface area contributed by atoms with Gasteiger partial charge in [0.15, 0.2) is 3.92 Å². The number of hydrogen-bond donors (Lipinski definition) is 1. The van der Waals surface area contributed by atoms with Gasteiger partial charge in [-0.25, -0.2) is 19.7 Å². The van der Waals surface area contributed by atoms with Gasteiger partial charge in [-0.2, -0.15) is 0 Å². The number of benzene rings is 1. The third kappa shape index (κ3) is 7.55. The van der Waals surface area contributed by atoms with Gasteiger partial charge in [0.25, 0.3) is 11.8 Å². The smallest absolute Gasteiger partial charge is 0.408 e. The summed E-state index contributed by atoms with van der Waals surface area (Å²) < 4.78 is 17.9. The van der Waals surface area contributed by atoms with E-state index in [0.717, 1.165) is 15.2 Å². The first-order valence-electron chi connectivity index (χ1n) is 13.6. The Morgan fingerprint density at radius 1 is 1.05 bits per heavy atom. The van der Waals surface area contributed by atoms with Gasteiger partial charge in [0, 0.05) is 24.4 Å². The summed E-state index contributed by atoms with van der Waals surface area (Å²) in [6.07, 6.45) is 2.60. The molecule has 0 saturated carbocycles. The van der Waals surface area contributed by atoms with E-state index in [9.17, 15) is 9.59 Å². The predicted octanol–water partition coefficient (Wildman–Crippen LogP) is 6.26. The molecular weight excluding hydrogens is 650 g/mol. The highest BCUT2D eigenvalue weighted by atomic mass is 79.9. The highest BCUT2D eigenvalue weighted by Gasteiger charge is 2.37. The van der Waals surface area contributed by atoms with Crippen LogP contribution in [0.4, 0.5) is 4.79 Å². The Hall–Kier alpha value is -4.43. The van der Waals surface area contributed by atoms with Crippen molar-refractivity contribution in [3.8, 4) is 23.2 Å². The number of halogens is 1. The van der Waals surface area contributed by atoms with Crippen molar-refractivity contribution in [2.45, 2.75) is 51.8 Å². The van der Waals surface area contributed by atoms with Gasteiger partial charge in [-0.3, -0.25) is 4.79 Å². The summed E-state index contributed by atoms with van der Waals surface area (Å²) in [6.45, 7) is 7.42. The zero-order chi connectivity index (χ0) is 31.5. The molecule has 0 aliphatic carbocycles. The zero-order valence-corrected chi connectivity index (χ0v) is 27.1. The number of nitrogens with zero attached hydrogens (tertiary/aromatic N) is 6. The second-order valence-corrected chi connectivity index (χ2v) is 13.4. The predicted molar refractivity (Wildman–Crippen MR) is 166 cm³/mol. The van der Waals surface area contributed by atoms with E-state index in [1.165, 1.54) is 23.8 Å². The molecule has 1 atom stereocenters. The minimum absolute atomic E-state index is 0.0406. The summed E-state index contributed by atoms with van der Waals surface area (Å²) in [5, 5.41) is 13.3. The first-order valence-corrected chi connectivity index (χ1v) is 15.2. The second kappa shape index (κ2) is 12.7. The van der Waals surface area contributed by atoms with Crippen LogP contribution in [0.1, 0.15) is 55.2 Å². The minimum atomic E-state index is -1.14. The Bertz CT molecular complexity index is 1750. The van der Waals surface area contributed by atoms with Crippen molar-refractivity contribution in [3.63, 3.8) is 0 Å². The largest absolute Gasteiger partial charge is 0.444 e. The van der Waals surface area contributed by atoms with Crippen LogP contribution in [-0.4, -0.2) is 54.7 Å². The van der Waals surface area contributed by atoms with Crippen molar-refractivity contribution in [3.05, 3.63) is 86.9 Å². The van der Waals surface area contributed by atoms with Gasteiger partial charge in [-0.1, -0.05) is 30.3 Å². The van der Waals surface area contributed by atoms with Crippen molar-refractivity contribution in [2.75, 3.05) is 7.05 Å². The first-order chi connectivity index (χ1) is 20.9. The third-order valence-electron chi connectivity index (χ3n) is 6.29. The van der Waals surface area contributed by atoms with Crippen LogP contribution in [0.2, 0.25) is 0 Å². The van der Waals surface area contributed by atoms with Crippen molar-refractivity contribution >= 4 is 39.3 Å². The normalized spacial score (nSPS) is 12.9. The molecule has 0 unspecified atom stereocenters. The molecule has 1 N–H and O–H groups in total. The summed E-state index contributed by atoms with van der Waals surface area (Å²) in [6, 6.07) is 12.7. The number of rotatable bonds is 9. The van der Waals surface area contributed by atoms with E-state index in [1.807, 2.05) is 35.7 Å². The Kier molecular flexibility index (Phi) is 8.92. The number of thiazole rings is 1. The summed E-state index contributed by atoms with van der Waals surface area (Å²) in [5.41, 5.74) is 0.656. The summed E-state index contributed by atoms with van der Waals surface area (Å²) in [7, 11) is 1.68. The van der Waals surface area contributed by atoms with E-state index in [2.05, 4.69) is 46.4 Å². The summed E-state index contributed by atoms with van der Waals surface area (Å²) in [5.74, 6) is 0.0986. The highest BCUT2D eigenvalue weighted by Crippen LogP contribution is 2.30. The third-order valence-corrected chi connectivity index (χ3v) is 7.70. The number of amides is 2. The standard InChI is InChI=1S/C30H30BrN7O5S/c1-29(2,3)43-28(40)35-30(4,15-18-9-7-6-8-10-18)26-37-36-24(42-26)22-14-19(13-21(34-22)23-32-11-12-41-23)25(39)38(5)16-20-17-44-27(31)33-20/h6-14,17H,15-16H2,1-5H3,(H,35,40)/t30-/m1/s1. The maximum Gasteiger partial charge on any atom is 0.408 e. The molecule has 0 spiro atoms. The molecule has 44 heavy (non-hydrogen) atoms. The molecule has 0 radical (unpaired) electrons. The molecule has 0 saturated heterocycles. The molecular formula is C30H30BrN7O5S. The number of hydrogen-bond acceptors (Lipinski definition) is 11. The molecule has 1 aromatic carbocycles. The van der Waals surface area contributed by atoms with Gasteiger partial charge >= 0.3 is 6.09 Å². The van der Waals surface area contributed by atoms with Gasteiger partial charge < -0.3 is 23.8 Å². The average molecular weight is 681 g/mol. The molecule has 2 amide bonds. The second-order valence-electron chi connectivity index (χ2n) is 11.3. The van der Waals surface area contributed by atoms with E-state index in [1.54, 1.807) is 51.8 Å². The Morgan fingerprint density at radius 2 is 1.77 bits per heavy atom.